The molecule has 1 amide bonds. The van der Waals surface area contributed by atoms with Crippen LogP contribution in [0.25, 0.3) is 0 Å². The first-order valence-electron chi connectivity index (χ1n) is 10.8. The van der Waals surface area contributed by atoms with E-state index in [1.165, 1.54) is 6.21 Å². The summed E-state index contributed by atoms with van der Waals surface area (Å²) in [4.78, 5) is 24.4. The van der Waals surface area contributed by atoms with Crippen LogP contribution in [0.2, 0.25) is 0 Å². The van der Waals surface area contributed by atoms with Crippen molar-refractivity contribution in [3.05, 3.63) is 94.5 Å². The van der Waals surface area contributed by atoms with Gasteiger partial charge < -0.3 is 9.47 Å². The van der Waals surface area contributed by atoms with Gasteiger partial charge in [-0.05, 0) is 78.4 Å². The maximum atomic E-state index is 12.3. The van der Waals surface area contributed by atoms with E-state index < -0.39 is 5.97 Å². The minimum Gasteiger partial charge on any atom is -0.483 e. The average molecular weight is 445 g/mol. The fraction of sp³-hybridized carbons (Fsp3) is 0.222. The zero-order valence-corrected chi connectivity index (χ0v) is 19.3. The lowest BCUT2D eigenvalue weighted by Gasteiger charge is -2.14. The van der Waals surface area contributed by atoms with Crippen molar-refractivity contribution in [2.24, 2.45) is 5.10 Å². The molecule has 170 valence electrons. The number of hydrazone groups is 1. The summed E-state index contributed by atoms with van der Waals surface area (Å²) in [6.45, 7) is 7.87. The molecule has 33 heavy (non-hydrogen) atoms. The van der Waals surface area contributed by atoms with Crippen LogP contribution in [0.3, 0.4) is 0 Å². The van der Waals surface area contributed by atoms with Crippen LogP contribution in [-0.4, -0.2) is 24.7 Å². The van der Waals surface area contributed by atoms with E-state index in [0.717, 1.165) is 22.3 Å². The fourth-order valence-corrected chi connectivity index (χ4v) is 3.18. The molecule has 6 nitrogen and oxygen atoms in total. The second-order valence-electron chi connectivity index (χ2n) is 8.05. The Morgan fingerprint density at radius 1 is 1.00 bits per heavy atom. The molecular formula is C27H28N2O4. The summed E-state index contributed by atoms with van der Waals surface area (Å²) in [5.41, 5.74) is 6.71. The van der Waals surface area contributed by atoms with E-state index in [9.17, 15) is 9.59 Å². The Bertz CT molecular complexity index is 1150. The van der Waals surface area contributed by atoms with Crippen molar-refractivity contribution in [1.82, 2.24) is 5.43 Å². The Balaban J connectivity index is 1.50. The average Bonchev–Trinajstić information content (AvgIpc) is 2.79. The summed E-state index contributed by atoms with van der Waals surface area (Å²) in [5, 5.41) is 3.97. The lowest BCUT2D eigenvalue weighted by molar-refractivity contribution is -0.123. The standard InChI is InChI=1S/C27H28N2O4/c1-18(2)23-14-9-19(3)15-25(23)32-17-26(30)29-28-16-21-10-12-22(13-11-21)33-27(31)24-8-6-5-7-20(24)4/h5-16,18H,17H2,1-4H3,(H,29,30). The van der Waals surface area contributed by atoms with Crippen LogP contribution in [-0.2, 0) is 4.79 Å². The van der Waals surface area contributed by atoms with Gasteiger partial charge in [0.15, 0.2) is 6.61 Å². The maximum Gasteiger partial charge on any atom is 0.343 e. The van der Waals surface area contributed by atoms with Crippen LogP contribution < -0.4 is 14.9 Å². The number of amides is 1. The van der Waals surface area contributed by atoms with E-state index in [-0.39, 0.29) is 12.5 Å². The zero-order chi connectivity index (χ0) is 23.8. The SMILES string of the molecule is Cc1ccc(C(C)C)c(OCC(=O)NN=Cc2ccc(OC(=O)c3ccccc3C)cc2)c1. The largest absolute Gasteiger partial charge is 0.483 e. The van der Waals surface area contributed by atoms with E-state index in [4.69, 9.17) is 9.47 Å². The van der Waals surface area contributed by atoms with Crippen molar-refractivity contribution in [3.63, 3.8) is 0 Å². The lowest BCUT2D eigenvalue weighted by Crippen LogP contribution is -2.25. The molecule has 0 fully saturated rings. The molecule has 0 saturated heterocycles. The van der Waals surface area contributed by atoms with Gasteiger partial charge in [-0.3, -0.25) is 4.79 Å². The molecule has 0 heterocycles. The van der Waals surface area contributed by atoms with Crippen molar-refractivity contribution in [2.45, 2.75) is 33.6 Å². The van der Waals surface area contributed by atoms with Gasteiger partial charge in [0.25, 0.3) is 5.91 Å². The minimum absolute atomic E-state index is 0.131. The van der Waals surface area contributed by atoms with Gasteiger partial charge in [-0.2, -0.15) is 5.10 Å². The van der Waals surface area contributed by atoms with Crippen LogP contribution in [0.1, 0.15) is 52.4 Å². The molecule has 0 unspecified atom stereocenters. The molecule has 3 rings (SSSR count). The van der Waals surface area contributed by atoms with Crippen LogP contribution in [0.5, 0.6) is 11.5 Å². The molecule has 6 heteroatoms. The predicted octanol–water partition coefficient (Wildman–Crippen LogP) is 5.18. The van der Waals surface area contributed by atoms with Crippen LogP contribution in [0, 0.1) is 13.8 Å². The number of hydrogen-bond donors (Lipinski definition) is 1. The van der Waals surface area contributed by atoms with Gasteiger partial charge in [0.05, 0.1) is 11.8 Å². The van der Waals surface area contributed by atoms with Crippen LogP contribution in [0.15, 0.2) is 71.8 Å². The smallest absolute Gasteiger partial charge is 0.343 e. The first-order valence-corrected chi connectivity index (χ1v) is 10.8. The van der Waals surface area contributed by atoms with E-state index in [1.807, 2.05) is 44.2 Å². The number of nitrogens with zero attached hydrogens (tertiary/aromatic N) is 1. The molecule has 0 aliphatic rings. The van der Waals surface area contributed by atoms with Crippen molar-refractivity contribution in [3.8, 4) is 11.5 Å². The number of nitrogens with one attached hydrogen (secondary N) is 1. The number of ether oxygens (including phenoxy) is 2. The second-order valence-corrected chi connectivity index (χ2v) is 8.05. The minimum atomic E-state index is -0.406. The number of esters is 1. The van der Waals surface area contributed by atoms with E-state index >= 15 is 0 Å². The third kappa shape index (κ3) is 6.77. The third-order valence-electron chi connectivity index (χ3n) is 5.01. The summed E-state index contributed by atoms with van der Waals surface area (Å²) in [6, 6.07) is 20.1. The Labute approximate surface area is 194 Å². The topological polar surface area (TPSA) is 77.0 Å². The van der Waals surface area contributed by atoms with Gasteiger partial charge in [0, 0.05) is 0 Å². The maximum absolute atomic E-state index is 12.3. The van der Waals surface area contributed by atoms with Crippen molar-refractivity contribution in [2.75, 3.05) is 6.61 Å². The highest BCUT2D eigenvalue weighted by Crippen LogP contribution is 2.27. The summed E-state index contributed by atoms with van der Waals surface area (Å²) in [6.07, 6.45) is 1.51. The quantitative estimate of drug-likeness (QED) is 0.225. The first-order chi connectivity index (χ1) is 15.8. The number of benzene rings is 3. The molecule has 0 saturated carbocycles. The molecule has 0 spiro atoms. The molecule has 3 aromatic rings. The van der Waals surface area contributed by atoms with Gasteiger partial charge in [-0.1, -0.05) is 44.2 Å². The number of hydrogen-bond acceptors (Lipinski definition) is 5. The molecule has 3 aromatic carbocycles. The highest BCUT2D eigenvalue weighted by molar-refractivity contribution is 5.92. The molecule has 0 aromatic heterocycles. The second kappa shape index (κ2) is 11.1. The first kappa shape index (κ1) is 23.7. The monoisotopic (exact) mass is 444 g/mol. The highest BCUT2D eigenvalue weighted by Gasteiger charge is 2.11. The summed E-state index contributed by atoms with van der Waals surface area (Å²) >= 11 is 0. The molecule has 1 N–H and O–H groups in total. The van der Waals surface area contributed by atoms with Crippen molar-refractivity contribution >= 4 is 18.1 Å². The Morgan fingerprint density at radius 2 is 1.73 bits per heavy atom. The lowest BCUT2D eigenvalue weighted by atomic mass is 10.0. The molecule has 0 atom stereocenters. The third-order valence-corrected chi connectivity index (χ3v) is 5.01. The number of carbonyl (C=O) groups excluding carboxylic acids is 2. The van der Waals surface area contributed by atoms with Gasteiger partial charge in [0.1, 0.15) is 11.5 Å². The summed E-state index contributed by atoms with van der Waals surface area (Å²) in [5.74, 6) is 0.666. The van der Waals surface area contributed by atoms with Crippen molar-refractivity contribution in [1.29, 1.82) is 0 Å². The molecular weight excluding hydrogens is 416 g/mol. The summed E-state index contributed by atoms with van der Waals surface area (Å²) < 4.78 is 11.1. The fourth-order valence-electron chi connectivity index (χ4n) is 3.18. The van der Waals surface area contributed by atoms with Gasteiger partial charge >= 0.3 is 5.97 Å². The predicted molar refractivity (Wildman–Crippen MR) is 129 cm³/mol. The molecule has 0 radical (unpaired) electrons. The van der Waals surface area contributed by atoms with Gasteiger partial charge in [-0.15, -0.1) is 0 Å². The zero-order valence-electron chi connectivity index (χ0n) is 19.3. The van der Waals surface area contributed by atoms with E-state index in [0.29, 0.717) is 23.0 Å². The van der Waals surface area contributed by atoms with Gasteiger partial charge in [0.2, 0.25) is 0 Å². The number of carbonyl (C=O) groups is 2. The van der Waals surface area contributed by atoms with Crippen LogP contribution >= 0.6 is 0 Å². The van der Waals surface area contributed by atoms with Crippen molar-refractivity contribution < 1.29 is 19.1 Å². The van der Waals surface area contributed by atoms with E-state index in [1.54, 1.807) is 36.4 Å². The molecule has 0 aliphatic carbocycles. The Kier molecular flexibility index (Phi) is 7.97. The molecule has 0 bridgehead atoms. The number of rotatable bonds is 8. The van der Waals surface area contributed by atoms with Crippen LogP contribution in [0.4, 0.5) is 0 Å². The summed E-state index contributed by atoms with van der Waals surface area (Å²) in [7, 11) is 0. The highest BCUT2D eigenvalue weighted by atomic mass is 16.5. The Morgan fingerprint density at radius 3 is 2.42 bits per heavy atom. The van der Waals surface area contributed by atoms with E-state index in [2.05, 4.69) is 24.4 Å². The normalized spacial score (nSPS) is 10.9. The van der Waals surface area contributed by atoms with Gasteiger partial charge in [-0.25, -0.2) is 10.2 Å². The Hall–Kier alpha value is -3.93. The molecule has 0 aliphatic heterocycles. The number of aryl methyl sites for hydroxylation is 2.